The number of rotatable bonds is 4. The average molecular weight is 314 g/mol. The first-order chi connectivity index (χ1) is 9.69. The molecule has 0 radical (unpaired) electrons. The van der Waals surface area contributed by atoms with Crippen molar-refractivity contribution in [2.24, 2.45) is 0 Å². The van der Waals surface area contributed by atoms with Gasteiger partial charge in [0.15, 0.2) is 11.5 Å². The maximum absolute atomic E-state index is 6.12. The Morgan fingerprint density at radius 2 is 2.00 bits per heavy atom. The first kappa shape index (κ1) is 15.1. The molecule has 1 aliphatic heterocycles. The highest BCUT2D eigenvalue weighted by molar-refractivity contribution is 6.32. The molecule has 20 heavy (non-hydrogen) atoms. The summed E-state index contributed by atoms with van der Waals surface area (Å²) in [6.45, 7) is 0.860. The van der Waals surface area contributed by atoms with E-state index in [9.17, 15) is 0 Å². The van der Waals surface area contributed by atoms with Crippen molar-refractivity contribution in [3.05, 3.63) is 40.4 Å². The minimum Gasteiger partial charge on any atom is -0.493 e. The summed E-state index contributed by atoms with van der Waals surface area (Å²) in [5, 5.41) is 3.97. The van der Waals surface area contributed by atoms with Gasteiger partial charge in [-0.15, -0.1) is 11.6 Å². The molecule has 0 spiro atoms. The number of nitrogens with one attached hydrogen (secondary N) is 1. The van der Waals surface area contributed by atoms with Crippen LogP contribution in [-0.4, -0.2) is 26.6 Å². The van der Waals surface area contributed by atoms with E-state index in [4.69, 9.17) is 32.7 Å². The number of hydrogen-bond donors (Lipinski definition) is 1. The lowest BCUT2D eigenvalue weighted by Crippen LogP contribution is -2.22. The number of hydrogen-bond acceptors (Lipinski definition) is 3. The Morgan fingerprint density at radius 3 is 2.65 bits per heavy atom. The van der Waals surface area contributed by atoms with Gasteiger partial charge in [-0.1, -0.05) is 17.7 Å². The molecule has 1 aromatic rings. The van der Waals surface area contributed by atoms with Crippen molar-refractivity contribution in [2.75, 3.05) is 26.6 Å². The highest BCUT2D eigenvalue weighted by Crippen LogP contribution is 2.35. The van der Waals surface area contributed by atoms with Crippen LogP contribution in [0.25, 0.3) is 5.70 Å². The fourth-order valence-corrected chi connectivity index (χ4v) is 2.64. The SMILES string of the molecule is COc1cc2c(cc1OC)/C(=C/C(Cl)=C\CCl)NCC2. The Balaban J connectivity index is 2.47. The van der Waals surface area contributed by atoms with Gasteiger partial charge >= 0.3 is 0 Å². The zero-order valence-electron chi connectivity index (χ0n) is 11.5. The number of ether oxygens (including phenoxy) is 2. The first-order valence-electron chi connectivity index (χ1n) is 6.32. The van der Waals surface area contributed by atoms with Crippen molar-refractivity contribution in [3.63, 3.8) is 0 Å². The summed E-state index contributed by atoms with van der Waals surface area (Å²) in [7, 11) is 3.27. The number of methoxy groups -OCH3 is 2. The van der Waals surface area contributed by atoms with Crippen molar-refractivity contribution in [1.82, 2.24) is 5.32 Å². The molecule has 0 saturated carbocycles. The molecule has 0 atom stereocenters. The largest absolute Gasteiger partial charge is 0.493 e. The highest BCUT2D eigenvalue weighted by Gasteiger charge is 2.17. The van der Waals surface area contributed by atoms with Crippen molar-refractivity contribution < 1.29 is 9.47 Å². The third kappa shape index (κ3) is 3.22. The van der Waals surface area contributed by atoms with Gasteiger partial charge in [-0.05, 0) is 30.2 Å². The van der Waals surface area contributed by atoms with Crippen molar-refractivity contribution in [1.29, 1.82) is 0 Å². The fraction of sp³-hybridized carbons (Fsp3) is 0.333. The summed E-state index contributed by atoms with van der Waals surface area (Å²) < 4.78 is 10.7. The Kier molecular flexibility index (Phi) is 5.21. The van der Waals surface area contributed by atoms with Crippen LogP contribution in [0, 0.1) is 0 Å². The molecule has 1 aromatic carbocycles. The van der Waals surface area contributed by atoms with Crippen LogP contribution in [-0.2, 0) is 6.42 Å². The molecule has 0 aromatic heterocycles. The summed E-state index contributed by atoms with van der Waals surface area (Å²) in [6, 6.07) is 3.99. The van der Waals surface area contributed by atoms with Gasteiger partial charge in [-0.3, -0.25) is 0 Å². The van der Waals surface area contributed by atoms with E-state index in [0.29, 0.717) is 16.7 Å². The van der Waals surface area contributed by atoms with Crippen molar-refractivity contribution in [2.45, 2.75) is 6.42 Å². The zero-order chi connectivity index (χ0) is 14.5. The minimum absolute atomic E-state index is 0.390. The number of alkyl halides is 1. The van der Waals surface area contributed by atoms with E-state index in [1.807, 2.05) is 18.2 Å². The summed E-state index contributed by atoms with van der Waals surface area (Å²) >= 11 is 11.8. The standard InChI is InChI=1S/C15H17Cl2NO2/c1-19-14-7-10-4-6-18-13(8-11(17)3-5-16)12(10)9-15(14)20-2/h3,7-9,18H,4-6H2,1-2H3/b11-3+,13-8-. The topological polar surface area (TPSA) is 30.5 Å². The molecule has 0 amide bonds. The van der Waals surface area contributed by atoms with E-state index >= 15 is 0 Å². The van der Waals surface area contributed by atoms with E-state index in [1.165, 1.54) is 5.56 Å². The lowest BCUT2D eigenvalue weighted by Gasteiger charge is -2.23. The normalized spacial score (nSPS) is 16.6. The van der Waals surface area contributed by atoms with Gasteiger partial charge in [0, 0.05) is 28.7 Å². The van der Waals surface area contributed by atoms with Crippen LogP contribution < -0.4 is 14.8 Å². The number of fused-ring (bicyclic) bond motifs is 1. The van der Waals surface area contributed by atoms with E-state index in [0.717, 1.165) is 30.0 Å². The van der Waals surface area contributed by atoms with Crippen LogP contribution in [0.15, 0.2) is 29.3 Å². The first-order valence-corrected chi connectivity index (χ1v) is 7.23. The van der Waals surface area contributed by atoms with Crippen molar-refractivity contribution in [3.8, 4) is 11.5 Å². The van der Waals surface area contributed by atoms with Crippen LogP contribution in [0.3, 0.4) is 0 Å². The second kappa shape index (κ2) is 6.91. The van der Waals surface area contributed by atoms with Gasteiger partial charge < -0.3 is 14.8 Å². The van der Waals surface area contributed by atoms with Gasteiger partial charge in [0.1, 0.15) is 0 Å². The minimum atomic E-state index is 0.390. The van der Waals surface area contributed by atoms with Crippen LogP contribution in [0.5, 0.6) is 11.5 Å². The van der Waals surface area contributed by atoms with Crippen LogP contribution in [0.4, 0.5) is 0 Å². The molecule has 2 rings (SSSR count). The molecule has 0 fully saturated rings. The molecule has 1 N–H and O–H groups in total. The molecule has 0 aliphatic carbocycles. The van der Waals surface area contributed by atoms with Gasteiger partial charge in [-0.25, -0.2) is 0 Å². The maximum Gasteiger partial charge on any atom is 0.161 e. The lowest BCUT2D eigenvalue weighted by atomic mass is 9.97. The molecule has 1 heterocycles. The van der Waals surface area contributed by atoms with E-state index in [2.05, 4.69) is 5.32 Å². The molecule has 0 unspecified atom stereocenters. The summed E-state index contributed by atoms with van der Waals surface area (Å²) in [4.78, 5) is 0. The quantitative estimate of drug-likeness (QED) is 0.862. The van der Waals surface area contributed by atoms with Crippen LogP contribution in [0.1, 0.15) is 11.1 Å². The monoisotopic (exact) mass is 313 g/mol. The average Bonchev–Trinajstić information content (AvgIpc) is 2.46. The second-order valence-electron chi connectivity index (χ2n) is 4.34. The number of benzene rings is 1. The van der Waals surface area contributed by atoms with Gasteiger partial charge in [0.25, 0.3) is 0 Å². The van der Waals surface area contributed by atoms with Gasteiger partial charge in [0.05, 0.1) is 14.2 Å². The predicted octanol–water partition coefficient (Wildman–Crippen LogP) is 3.55. The molecule has 0 saturated heterocycles. The molecule has 0 bridgehead atoms. The Labute approximate surface area is 129 Å². The van der Waals surface area contributed by atoms with Gasteiger partial charge in [0.2, 0.25) is 0 Å². The van der Waals surface area contributed by atoms with Crippen molar-refractivity contribution >= 4 is 28.9 Å². The Bertz CT molecular complexity index is 553. The lowest BCUT2D eigenvalue weighted by molar-refractivity contribution is 0.354. The molecule has 1 aliphatic rings. The number of halogens is 2. The molecular formula is C15H17Cl2NO2. The third-order valence-corrected chi connectivity index (χ3v) is 3.58. The van der Waals surface area contributed by atoms with Crippen LogP contribution >= 0.6 is 23.2 Å². The van der Waals surface area contributed by atoms with E-state index < -0.39 is 0 Å². The Hall–Kier alpha value is -1.32. The predicted molar refractivity (Wildman–Crippen MR) is 83.9 cm³/mol. The summed E-state index contributed by atoms with van der Waals surface area (Å²) in [6.07, 6.45) is 4.57. The van der Waals surface area contributed by atoms with Gasteiger partial charge in [-0.2, -0.15) is 0 Å². The van der Waals surface area contributed by atoms with E-state index in [-0.39, 0.29) is 0 Å². The zero-order valence-corrected chi connectivity index (χ0v) is 13.0. The maximum atomic E-state index is 6.12. The third-order valence-electron chi connectivity index (χ3n) is 3.16. The fourth-order valence-electron chi connectivity index (χ4n) is 2.21. The Morgan fingerprint density at radius 1 is 1.30 bits per heavy atom. The molecule has 3 nitrogen and oxygen atoms in total. The molecule has 108 valence electrons. The van der Waals surface area contributed by atoms with Crippen LogP contribution in [0.2, 0.25) is 0 Å². The second-order valence-corrected chi connectivity index (χ2v) is 5.09. The summed E-state index contributed by atoms with van der Waals surface area (Å²) in [5.74, 6) is 1.84. The smallest absolute Gasteiger partial charge is 0.161 e. The molecule has 5 heteroatoms. The van der Waals surface area contributed by atoms with E-state index in [1.54, 1.807) is 20.3 Å². The number of allylic oxidation sites excluding steroid dienone is 3. The summed E-state index contributed by atoms with van der Waals surface area (Å²) in [5.41, 5.74) is 3.26. The highest BCUT2D eigenvalue weighted by atomic mass is 35.5. The molecular weight excluding hydrogens is 297 g/mol.